The highest BCUT2D eigenvalue weighted by Gasteiger charge is 2.19. The summed E-state index contributed by atoms with van der Waals surface area (Å²) in [6, 6.07) is 11.7. The molecule has 3 rings (SSSR count). The summed E-state index contributed by atoms with van der Waals surface area (Å²) in [5.41, 5.74) is 1.98. The lowest BCUT2D eigenvalue weighted by Crippen LogP contribution is -2.47. The van der Waals surface area contributed by atoms with Crippen LogP contribution in [0.5, 0.6) is 11.5 Å². The van der Waals surface area contributed by atoms with Crippen molar-refractivity contribution in [2.45, 2.75) is 20.4 Å². The second kappa shape index (κ2) is 10.6. The normalized spacial score (nSPS) is 14.9. The summed E-state index contributed by atoms with van der Waals surface area (Å²) >= 11 is 0. The molecule has 1 fully saturated rings. The van der Waals surface area contributed by atoms with E-state index in [1.807, 2.05) is 67.4 Å². The van der Waals surface area contributed by atoms with Gasteiger partial charge in [0.25, 0.3) is 0 Å². The smallest absolute Gasteiger partial charge is 0.246 e. The van der Waals surface area contributed by atoms with Crippen LogP contribution in [0.2, 0.25) is 0 Å². The van der Waals surface area contributed by atoms with Crippen LogP contribution in [-0.2, 0) is 11.3 Å². The molecule has 0 unspecified atom stereocenters. The van der Waals surface area contributed by atoms with Crippen LogP contribution in [0.4, 0.5) is 0 Å². The van der Waals surface area contributed by atoms with Gasteiger partial charge in [0.15, 0.2) is 11.5 Å². The number of piperazine rings is 1. The first kappa shape index (κ1) is 20.9. The summed E-state index contributed by atoms with van der Waals surface area (Å²) in [6.45, 7) is 9.02. The van der Waals surface area contributed by atoms with Crippen LogP contribution in [0.3, 0.4) is 0 Å². The van der Waals surface area contributed by atoms with Crippen molar-refractivity contribution in [3.8, 4) is 11.5 Å². The average Bonchev–Trinajstić information content (AvgIpc) is 2.75. The van der Waals surface area contributed by atoms with Crippen molar-refractivity contribution >= 4 is 12.0 Å². The van der Waals surface area contributed by atoms with Crippen LogP contribution < -0.4 is 9.47 Å². The number of ether oxygens (including phenoxy) is 2. The topological polar surface area (TPSA) is 54.9 Å². The minimum absolute atomic E-state index is 0.0364. The van der Waals surface area contributed by atoms with Crippen molar-refractivity contribution in [2.75, 3.05) is 39.4 Å². The van der Waals surface area contributed by atoms with Crippen molar-refractivity contribution in [2.24, 2.45) is 0 Å². The first-order valence-corrected chi connectivity index (χ1v) is 10.2. The molecule has 0 radical (unpaired) electrons. The SMILES string of the molecule is CCOc1ccc(/C=C/C(=O)N2CCN(Cc3ccccn3)CC2)cc1OCC. The Labute approximate surface area is 172 Å². The lowest BCUT2D eigenvalue weighted by atomic mass is 10.1. The molecule has 0 saturated carbocycles. The molecule has 0 spiro atoms. The molecule has 1 saturated heterocycles. The van der Waals surface area contributed by atoms with Gasteiger partial charge in [0.1, 0.15) is 0 Å². The van der Waals surface area contributed by atoms with E-state index in [0.717, 1.165) is 49.7 Å². The monoisotopic (exact) mass is 395 g/mol. The number of benzene rings is 1. The maximum absolute atomic E-state index is 12.6. The Morgan fingerprint density at radius 3 is 2.48 bits per heavy atom. The van der Waals surface area contributed by atoms with Crippen LogP contribution in [0.1, 0.15) is 25.1 Å². The van der Waals surface area contributed by atoms with Gasteiger partial charge in [-0.1, -0.05) is 12.1 Å². The van der Waals surface area contributed by atoms with Gasteiger partial charge in [-0.15, -0.1) is 0 Å². The minimum Gasteiger partial charge on any atom is -0.490 e. The molecule has 6 nitrogen and oxygen atoms in total. The van der Waals surface area contributed by atoms with Crippen LogP contribution in [-0.4, -0.2) is 60.1 Å². The molecule has 1 aliphatic rings. The minimum atomic E-state index is 0.0364. The Morgan fingerprint density at radius 2 is 1.79 bits per heavy atom. The zero-order valence-electron chi connectivity index (χ0n) is 17.2. The van der Waals surface area contributed by atoms with Crippen LogP contribution in [0.15, 0.2) is 48.7 Å². The Kier molecular flexibility index (Phi) is 7.64. The third kappa shape index (κ3) is 6.06. The summed E-state index contributed by atoms with van der Waals surface area (Å²) in [5.74, 6) is 1.46. The second-order valence-corrected chi connectivity index (χ2v) is 6.83. The third-order valence-corrected chi connectivity index (χ3v) is 4.78. The van der Waals surface area contributed by atoms with E-state index in [0.29, 0.717) is 19.0 Å². The van der Waals surface area contributed by atoms with Gasteiger partial charge in [-0.3, -0.25) is 14.7 Å². The van der Waals surface area contributed by atoms with Gasteiger partial charge in [0, 0.05) is 45.0 Å². The number of nitrogens with zero attached hydrogens (tertiary/aromatic N) is 3. The van der Waals surface area contributed by atoms with Crippen LogP contribution >= 0.6 is 0 Å². The van der Waals surface area contributed by atoms with E-state index in [2.05, 4.69) is 9.88 Å². The third-order valence-electron chi connectivity index (χ3n) is 4.78. The highest BCUT2D eigenvalue weighted by molar-refractivity contribution is 5.92. The van der Waals surface area contributed by atoms with E-state index < -0.39 is 0 Å². The average molecular weight is 396 g/mol. The Hall–Kier alpha value is -2.86. The van der Waals surface area contributed by atoms with Gasteiger partial charge >= 0.3 is 0 Å². The number of aromatic nitrogens is 1. The number of carbonyl (C=O) groups excluding carboxylic acids is 1. The van der Waals surface area contributed by atoms with Crippen molar-refractivity contribution in [1.29, 1.82) is 0 Å². The highest BCUT2D eigenvalue weighted by Crippen LogP contribution is 2.29. The zero-order valence-corrected chi connectivity index (χ0v) is 17.2. The lowest BCUT2D eigenvalue weighted by Gasteiger charge is -2.34. The largest absolute Gasteiger partial charge is 0.490 e. The molecule has 1 aliphatic heterocycles. The Balaban J connectivity index is 1.54. The van der Waals surface area contributed by atoms with Crippen molar-refractivity contribution in [3.05, 3.63) is 59.9 Å². The van der Waals surface area contributed by atoms with Crippen molar-refractivity contribution in [3.63, 3.8) is 0 Å². The maximum Gasteiger partial charge on any atom is 0.246 e. The number of hydrogen-bond acceptors (Lipinski definition) is 5. The fourth-order valence-electron chi connectivity index (χ4n) is 3.29. The second-order valence-electron chi connectivity index (χ2n) is 6.83. The van der Waals surface area contributed by atoms with Gasteiger partial charge in [-0.05, 0) is 49.8 Å². The summed E-state index contributed by atoms with van der Waals surface area (Å²) in [5, 5.41) is 0. The molecule has 0 N–H and O–H groups in total. The molecular formula is C23H29N3O3. The predicted octanol–water partition coefficient (Wildman–Crippen LogP) is 3.24. The predicted molar refractivity (Wildman–Crippen MR) is 114 cm³/mol. The summed E-state index contributed by atoms with van der Waals surface area (Å²) in [6.07, 6.45) is 5.29. The quantitative estimate of drug-likeness (QED) is 0.643. The standard InChI is InChI=1S/C23H29N3O3/c1-3-28-21-10-8-19(17-22(21)29-4-2)9-11-23(27)26-15-13-25(14-16-26)18-20-7-5-6-12-24-20/h5-12,17H,3-4,13-16,18H2,1-2H3/b11-9+. The number of pyridine rings is 1. The molecular weight excluding hydrogens is 366 g/mol. The summed E-state index contributed by atoms with van der Waals surface area (Å²) in [4.78, 5) is 21.2. The maximum atomic E-state index is 12.6. The van der Waals surface area contributed by atoms with Gasteiger partial charge in [-0.25, -0.2) is 0 Å². The molecule has 0 bridgehead atoms. The number of rotatable bonds is 8. The van der Waals surface area contributed by atoms with E-state index in [4.69, 9.17) is 9.47 Å². The molecule has 6 heteroatoms. The van der Waals surface area contributed by atoms with Gasteiger partial charge < -0.3 is 14.4 Å². The first-order valence-electron chi connectivity index (χ1n) is 10.2. The van der Waals surface area contributed by atoms with E-state index in [1.54, 1.807) is 6.08 Å². The fraction of sp³-hybridized carbons (Fsp3) is 0.391. The van der Waals surface area contributed by atoms with E-state index in [9.17, 15) is 4.79 Å². The summed E-state index contributed by atoms with van der Waals surface area (Å²) in [7, 11) is 0. The molecule has 29 heavy (non-hydrogen) atoms. The zero-order chi connectivity index (χ0) is 20.5. The number of carbonyl (C=O) groups is 1. The van der Waals surface area contributed by atoms with Gasteiger partial charge in [-0.2, -0.15) is 0 Å². The van der Waals surface area contributed by atoms with Crippen LogP contribution in [0.25, 0.3) is 6.08 Å². The molecule has 2 aromatic rings. The molecule has 154 valence electrons. The molecule has 1 amide bonds. The Morgan fingerprint density at radius 1 is 1.03 bits per heavy atom. The van der Waals surface area contributed by atoms with Gasteiger partial charge in [0.2, 0.25) is 5.91 Å². The number of hydrogen-bond donors (Lipinski definition) is 0. The van der Waals surface area contributed by atoms with E-state index in [1.165, 1.54) is 0 Å². The molecule has 0 atom stereocenters. The first-order chi connectivity index (χ1) is 14.2. The van der Waals surface area contributed by atoms with Crippen molar-refractivity contribution in [1.82, 2.24) is 14.8 Å². The molecule has 0 aliphatic carbocycles. The van der Waals surface area contributed by atoms with Crippen LogP contribution in [0, 0.1) is 0 Å². The Bertz CT molecular complexity index is 815. The van der Waals surface area contributed by atoms with Gasteiger partial charge in [0.05, 0.1) is 18.9 Å². The molecule has 1 aromatic heterocycles. The highest BCUT2D eigenvalue weighted by atomic mass is 16.5. The van der Waals surface area contributed by atoms with E-state index in [-0.39, 0.29) is 5.91 Å². The lowest BCUT2D eigenvalue weighted by molar-refractivity contribution is -0.127. The van der Waals surface area contributed by atoms with Crippen molar-refractivity contribution < 1.29 is 14.3 Å². The molecule has 2 heterocycles. The van der Waals surface area contributed by atoms with E-state index >= 15 is 0 Å². The summed E-state index contributed by atoms with van der Waals surface area (Å²) < 4.78 is 11.2. The molecule has 1 aromatic carbocycles. The fourth-order valence-corrected chi connectivity index (χ4v) is 3.29. The number of amides is 1.